The number of piperidine rings is 1. The molecular formula is C24H37N3O4. The smallest absolute Gasteiger partial charge is 0.407 e. The molecule has 0 bridgehead atoms. The Hall–Kier alpha value is -2.57. The van der Waals surface area contributed by atoms with Crippen molar-refractivity contribution in [2.24, 2.45) is 5.92 Å². The number of nitrogens with one attached hydrogen (secondary N) is 2. The molecule has 0 radical (unpaired) electrons. The SMILES string of the molecule is Cc1ccccc1CCC(=O)NCC1CCN(C(=O)CCNC(=O)OC(C)(C)C)CC1. The quantitative estimate of drug-likeness (QED) is 0.662. The minimum atomic E-state index is -0.550. The lowest BCUT2D eigenvalue weighted by molar-refractivity contribution is -0.132. The molecule has 2 N–H and O–H groups in total. The van der Waals surface area contributed by atoms with E-state index in [4.69, 9.17) is 4.74 Å². The number of carbonyl (C=O) groups is 3. The van der Waals surface area contributed by atoms with Gasteiger partial charge in [-0.2, -0.15) is 0 Å². The minimum Gasteiger partial charge on any atom is -0.444 e. The molecule has 1 aromatic rings. The summed E-state index contributed by atoms with van der Waals surface area (Å²) in [5.41, 5.74) is 1.88. The summed E-state index contributed by atoms with van der Waals surface area (Å²) in [6, 6.07) is 8.14. The zero-order valence-corrected chi connectivity index (χ0v) is 19.3. The third-order valence-electron chi connectivity index (χ3n) is 5.44. The van der Waals surface area contributed by atoms with Crippen molar-refractivity contribution in [1.29, 1.82) is 0 Å². The Labute approximate surface area is 185 Å². The van der Waals surface area contributed by atoms with Crippen LogP contribution in [0.3, 0.4) is 0 Å². The van der Waals surface area contributed by atoms with Gasteiger partial charge in [-0.05, 0) is 64.0 Å². The number of alkyl carbamates (subject to hydrolysis) is 1. The molecule has 1 heterocycles. The number of carbonyl (C=O) groups excluding carboxylic acids is 3. The lowest BCUT2D eigenvalue weighted by Crippen LogP contribution is -2.42. The summed E-state index contributed by atoms with van der Waals surface area (Å²) in [5.74, 6) is 0.512. The Kier molecular flexibility index (Phi) is 9.34. The Balaban J connectivity index is 1.59. The van der Waals surface area contributed by atoms with Gasteiger partial charge in [-0.15, -0.1) is 0 Å². The zero-order chi connectivity index (χ0) is 22.9. The molecule has 7 heteroatoms. The van der Waals surface area contributed by atoms with Gasteiger partial charge in [0.2, 0.25) is 11.8 Å². The second-order valence-corrected chi connectivity index (χ2v) is 9.23. The summed E-state index contributed by atoms with van der Waals surface area (Å²) in [4.78, 5) is 38.0. The summed E-state index contributed by atoms with van der Waals surface area (Å²) in [5, 5.41) is 5.67. The average molecular weight is 432 g/mol. The number of nitrogens with zero attached hydrogens (tertiary/aromatic N) is 1. The number of amides is 3. The summed E-state index contributed by atoms with van der Waals surface area (Å²) >= 11 is 0. The number of likely N-dealkylation sites (tertiary alicyclic amines) is 1. The van der Waals surface area contributed by atoms with Crippen LogP contribution in [0.15, 0.2) is 24.3 Å². The third-order valence-corrected chi connectivity index (χ3v) is 5.44. The summed E-state index contributed by atoms with van der Waals surface area (Å²) in [6.45, 7) is 9.77. The van der Waals surface area contributed by atoms with E-state index in [1.54, 1.807) is 20.8 Å². The van der Waals surface area contributed by atoms with Gasteiger partial charge in [0.1, 0.15) is 5.60 Å². The van der Waals surface area contributed by atoms with E-state index in [9.17, 15) is 14.4 Å². The van der Waals surface area contributed by atoms with Crippen molar-refractivity contribution in [3.63, 3.8) is 0 Å². The standard InChI is InChI=1S/C24H37N3O4/c1-18-7-5-6-8-20(18)9-10-21(28)26-17-19-12-15-27(16-13-19)22(29)11-14-25-23(30)31-24(2,3)4/h5-8,19H,9-17H2,1-4H3,(H,25,30)(H,26,28). The second-order valence-electron chi connectivity index (χ2n) is 9.23. The predicted octanol–water partition coefficient (Wildman–Crippen LogP) is 3.20. The van der Waals surface area contributed by atoms with Crippen LogP contribution in [0.5, 0.6) is 0 Å². The molecule has 0 aliphatic carbocycles. The molecule has 2 rings (SSSR count). The molecule has 0 atom stereocenters. The normalized spacial score (nSPS) is 14.8. The maximum Gasteiger partial charge on any atom is 0.407 e. The molecule has 7 nitrogen and oxygen atoms in total. The van der Waals surface area contributed by atoms with Gasteiger partial charge in [0, 0.05) is 39.0 Å². The van der Waals surface area contributed by atoms with Gasteiger partial charge in [-0.25, -0.2) is 4.79 Å². The van der Waals surface area contributed by atoms with Crippen molar-refractivity contribution in [3.8, 4) is 0 Å². The molecule has 31 heavy (non-hydrogen) atoms. The van der Waals surface area contributed by atoms with Gasteiger partial charge >= 0.3 is 6.09 Å². The molecule has 1 saturated heterocycles. The van der Waals surface area contributed by atoms with E-state index < -0.39 is 11.7 Å². The van der Waals surface area contributed by atoms with Crippen LogP contribution in [-0.4, -0.2) is 54.6 Å². The van der Waals surface area contributed by atoms with Gasteiger partial charge in [0.05, 0.1) is 0 Å². The first kappa shape index (κ1) is 24.7. The van der Waals surface area contributed by atoms with Gasteiger partial charge in [-0.1, -0.05) is 24.3 Å². The zero-order valence-electron chi connectivity index (χ0n) is 19.3. The van der Waals surface area contributed by atoms with Crippen LogP contribution in [0.2, 0.25) is 0 Å². The lowest BCUT2D eigenvalue weighted by Gasteiger charge is -2.32. The monoisotopic (exact) mass is 431 g/mol. The molecule has 0 unspecified atom stereocenters. The Morgan fingerprint density at radius 1 is 1.06 bits per heavy atom. The fraction of sp³-hybridized carbons (Fsp3) is 0.625. The molecule has 1 aliphatic heterocycles. The first-order valence-corrected chi connectivity index (χ1v) is 11.2. The second kappa shape index (κ2) is 11.7. The van der Waals surface area contributed by atoms with Gasteiger partial charge in [0.25, 0.3) is 0 Å². The van der Waals surface area contributed by atoms with Crippen LogP contribution in [0.4, 0.5) is 4.79 Å². The average Bonchev–Trinajstić information content (AvgIpc) is 2.70. The number of aryl methyl sites for hydroxylation is 2. The molecule has 3 amide bonds. The van der Waals surface area contributed by atoms with E-state index in [1.165, 1.54) is 11.1 Å². The van der Waals surface area contributed by atoms with E-state index in [1.807, 2.05) is 17.0 Å². The van der Waals surface area contributed by atoms with Crippen molar-refractivity contribution in [2.75, 3.05) is 26.2 Å². The molecule has 0 saturated carbocycles. The summed E-state index contributed by atoms with van der Waals surface area (Å²) in [6.07, 6.45) is 2.76. The van der Waals surface area contributed by atoms with Crippen molar-refractivity contribution >= 4 is 17.9 Å². The maximum atomic E-state index is 12.3. The number of hydrogen-bond donors (Lipinski definition) is 2. The molecule has 172 valence electrons. The van der Waals surface area contributed by atoms with E-state index in [0.717, 1.165) is 19.3 Å². The Morgan fingerprint density at radius 3 is 2.39 bits per heavy atom. The maximum absolute atomic E-state index is 12.3. The van der Waals surface area contributed by atoms with Crippen LogP contribution in [0.1, 0.15) is 57.6 Å². The number of ether oxygens (including phenoxy) is 1. The number of benzene rings is 1. The topological polar surface area (TPSA) is 87.7 Å². The highest BCUT2D eigenvalue weighted by Gasteiger charge is 2.23. The van der Waals surface area contributed by atoms with Crippen molar-refractivity contribution < 1.29 is 19.1 Å². The number of rotatable bonds is 8. The predicted molar refractivity (Wildman–Crippen MR) is 121 cm³/mol. The summed E-state index contributed by atoms with van der Waals surface area (Å²) < 4.78 is 5.16. The first-order valence-electron chi connectivity index (χ1n) is 11.2. The van der Waals surface area contributed by atoms with Gasteiger partial charge in [-0.3, -0.25) is 9.59 Å². The van der Waals surface area contributed by atoms with Crippen LogP contribution < -0.4 is 10.6 Å². The van der Waals surface area contributed by atoms with E-state index in [-0.39, 0.29) is 24.8 Å². The molecule has 0 aromatic heterocycles. The van der Waals surface area contributed by atoms with Crippen LogP contribution >= 0.6 is 0 Å². The summed E-state index contributed by atoms with van der Waals surface area (Å²) in [7, 11) is 0. The molecule has 1 aliphatic rings. The van der Waals surface area contributed by atoms with E-state index in [0.29, 0.717) is 32.0 Å². The third kappa shape index (κ3) is 9.40. The Bertz CT molecular complexity index is 749. The van der Waals surface area contributed by atoms with Crippen LogP contribution in [0, 0.1) is 12.8 Å². The van der Waals surface area contributed by atoms with Crippen molar-refractivity contribution in [2.45, 2.75) is 65.4 Å². The number of hydrogen-bond acceptors (Lipinski definition) is 4. The van der Waals surface area contributed by atoms with Crippen molar-refractivity contribution in [3.05, 3.63) is 35.4 Å². The first-order chi connectivity index (χ1) is 14.6. The highest BCUT2D eigenvalue weighted by Crippen LogP contribution is 2.17. The highest BCUT2D eigenvalue weighted by molar-refractivity contribution is 5.77. The fourth-order valence-corrected chi connectivity index (χ4v) is 3.62. The van der Waals surface area contributed by atoms with Gasteiger partial charge < -0.3 is 20.3 Å². The van der Waals surface area contributed by atoms with Crippen LogP contribution in [0.25, 0.3) is 0 Å². The fourth-order valence-electron chi connectivity index (χ4n) is 3.62. The largest absolute Gasteiger partial charge is 0.444 e. The van der Waals surface area contributed by atoms with E-state index in [2.05, 4.69) is 29.7 Å². The molecule has 1 aromatic carbocycles. The van der Waals surface area contributed by atoms with Crippen LogP contribution in [-0.2, 0) is 20.7 Å². The molecule has 0 spiro atoms. The molecular weight excluding hydrogens is 394 g/mol. The highest BCUT2D eigenvalue weighted by atomic mass is 16.6. The van der Waals surface area contributed by atoms with Gasteiger partial charge in [0.15, 0.2) is 0 Å². The lowest BCUT2D eigenvalue weighted by atomic mass is 9.96. The van der Waals surface area contributed by atoms with Crippen molar-refractivity contribution in [1.82, 2.24) is 15.5 Å². The Morgan fingerprint density at radius 2 is 1.74 bits per heavy atom. The van der Waals surface area contributed by atoms with E-state index >= 15 is 0 Å². The minimum absolute atomic E-state index is 0.0387. The molecule has 1 fully saturated rings.